The number of anilines is 1. The van der Waals surface area contributed by atoms with Gasteiger partial charge in [0, 0.05) is 15.2 Å². The fourth-order valence-electron chi connectivity index (χ4n) is 5.34. The second-order valence-corrected chi connectivity index (χ2v) is 10.5. The van der Waals surface area contributed by atoms with E-state index in [0.29, 0.717) is 5.56 Å². The molecular formula is C24H19Br2NO5. The van der Waals surface area contributed by atoms with Crippen LogP contribution in [0.1, 0.15) is 27.1 Å². The van der Waals surface area contributed by atoms with Gasteiger partial charge in [-0.05, 0) is 30.4 Å². The number of amides is 2. The number of alkyl halides is 2. The highest BCUT2D eigenvalue weighted by Crippen LogP contribution is 2.60. The number of fused-ring (bicyclic) bond motifs is 5. The van der Waals surface area contributed by atoms with Gasteiger partial charge in [-0.1, -0.05) is 74.3 Å². The van der Waals surface area contributed by atoms with Gasteiger partial charge in [0.1, 0.15) is 0 Å². The number of para-hydroxylation sites is 1. The molecule has 3 aliphatic rings. The zero-order valence-corrected chi connectivity index (χ0v) is 20.0. The molecule has 0 aromatic heterocycles. The van der Waals surface area contributed by atoms with Crippen molar-refractivity contribution in [1.29, 1.82) is 0 Å². The minimum Gasteiger partial charge on any atom is -0.454 e. The van der Waals surface area contributed by atoms with Crippen LogP contribution in [-0.2, 0) is 14.3 Å². The molecule has 0 N–H and O–H groups in total. The number of halogens is 2. The first-order valence-electron chi connectivity index (χ1n) is 10.4. The Morgan fingerprint density at radius 2 is 1.44 bits per heavy atom. The lowest BCUT2D eigenvalue weighted by molar-refractivity contribution is -0.123. The van der Waals surface area contributed by atoms with Gasteiger partial charge in [-0.15, -0.1) is 0 Å². The zero-order valence-electron chi connectivity index (χ0n) is 16.8. The van der Waals surface area contributed by atoms with Crippen LogP contribution in [0, 0.1) is 23.7 Å². The summed E-state index contributed by atoms with van der Waals surface area (Å²) in [5.41, 5.74) is 0.745. The van der Waals surface area contributed by atoms with E-state index in [1.54, 1.807) is 48.5 Å². The highest BCUT2D eigenvalue weighted by Gasteiger charge is 2.66. The van der Waals surface area contributed by atoms with Gasteiger partial charge in [0.05, 0.1) is 23.1 Å². The molecule has 8 heteroatoms. The highest BCUT2D eigenvalue weighted by molar-refractivity contribution is 9.12. The van der Waals surface area contributed by atoms with Crippen LogP contribution in [0.3, 0.4) is 0 Å². The summed E-state index contributed by atoms with van der Waals surface area (Å²) in [7, 11) is 0. The summed E-state index contributed by atoms with van der Waals surface area (Å²) in [5, 5.41) is 0. The molecule has 1 saturated heterocycles. The van der Waals surface area contributed by atoms with Crippen molar-refractivity contribution in [2.45, 2.75) is 16.1 Å². The van der Waals surface area contributed by atoms with E-state index in [1.165, 1.54) is 6.07 Å². The van der Waals surface area contributed by atoms with Gasteiger partial charge in [-0.3, -0.25) is 14.4 Å². The Bertz CT molecular complexity index is 1090. The molecule has 2 saturated carbocycles. The van der Waals surface area contributed by atoms with E-state index in [1.807, 2.05) is 0 Å². The lowest BCUT2D eigenvalue weighted by Gasteiger charge is -2.28. The maximum atomic E-state index is 13.3. The fraction of sp³-hybridized carbons (Fsp3) is 0.333. The standard InChI is InChI=1S/C24H19Br2NO5/c25-20-14-10-15(21(20)26)19-18(14)22(29)27(23(19)30)16-9-5-4-8-13(16)24(31)32-11-17(28)12-6-2-1-3-7-12/h1-9,14-15,18-21H,10-11H2/t14-,15-,18-,19-,20-,21+/m1/s1. The number of ether oxygens (including phenoxy) is 1. The number of nitrogens with zero attached hydrogens (tertiary/aromatic N) is 1. The van der Waals surface area contributed by atoms with Crippen LogP contribution in [0.2, 0.25) is 0 Å². The van der Waals surface area contributed by atoms with Gasteiger partial charge in [0.2, 0.25) is 11.8 Å². The molecule has 1 aliphatic heterocycles. The molecule has 5 rings (SSSR count). The number of carbonyl (C=O) groups excluding carboxylic acids is 4. The number of rotatable bonds is 5. The smallest absolute Gasteiger partial charge is 0.340 e. The second kappa shape index (κ2) is 8.23. The Morgan fingerprint density at radius 3 is 2.06 bits per heavy atom. The lowest BCUT2D eigenvalue weighted by Crippen LogP contribution is -2.37. The van der Waals surface area contributed by atoms with E-state index < -0.39 is 12.6 Å². The summed E-state index contributed by atoms with van der Waals surface area (Å²) in [6.07, 6.45) is 0.831. The predicted octanol–water partition coefficient (Wildman–Crippen LogP) is 4.01. The Labute approximate surface area is 201 Å². The van der Waals surface area contributed by atoms with Gasteiger partial charge in [-0.2, -0.15) is 0 Å². The molecule has 0 unspecified atom stereocenters. The Kier molecular flexibility index (Phi) is 5.53. The minimum atomic E-state index is -0.748. The largest absolute Gasteiger partial charge is 0.454 e. The summed E-state index contributed by atoms with van der Waals surface area (Å²) < 4.78 is 5.24. The molecule has 164 valence electrons. The molecule has 2 aromatic rings. The van der Waals surface area contributed by atoms with Crippen molar-refractivity contribution in [3.8, 4) is 0 Å². The molecule has 6 nitrogen and oxygen atoms in total. The molecule has 2 aromatic carbocycles. The van der Waals surface area contributed by atoms with E-state index in [0.717, 1.165) is 11.3 Å². The average molecular weight is 561 g/mol. The third kappa shape index (κ3) is 3.27. The van der Waals surface area contributed by atoms with Crippen LogP contribution >= 0.6 is 31.9 Å². The quantitative estimate of drug-likeness (QED) is 0.239. The van der Waals surface area contributed by atoms with E-state index >= 15 is 0 Å². The number of Topliss-reactive ketones (excluding diaryl/α,β-unsaturated/α-hetero) is 1. The predicted molar refractivity (Wildman–Crippen MR) is 124 cm³/mol. The Morgan fingerprint density at radius 1 is 0.875 bits per heavy atom. The van der Waals surface area contributed by atoms with E-state index in [4.69, 9.17) is 4.74 Å². The molecule has 0 radical (unpaired) electrons. The third-order valence-electron chi connectivity index (χ3n) is 6.78. The highest BCUT2D eigenvalue weighted by atomic mass is 79.9. The van der Waals surface area contributed by atoms with E-state index in [2.05, 4.69) is 31.9 Å². The molecule has 32 heavy (non-hydrogen) atoms. The number of esters is 1. The molecule has 3 fully saturated rings. The average Bonchev–Trinajstić information content (AvgIpc) is 3.42. The summed E-state index contributed by atoms with van der Waals surface area (Å²) in [6.45, 7) is -0.426. The number of imide groups is 1. The van der Waals surface area contributed by atoms with Crippen LogP contribution in [-0.4, -0.2) is 39.8 Å². The minimum absolute atomic E-state index is 0.0819. The van der Waals surface area contributed by atoms with Gasteiger partial charge in [-0.25, -0.2) is 9.69 Å². The van der Waals surface area contributed by atoms with Crippen LogP contribution < -0.4 is 4.90 Å². The fourth-order valence-corrected chi connectivity index (χ4v) is 7.22. The summed E-state index contributed by atoms with van der Waals surface area (Å²) >= 11 is 7.35. The SMILES string of the molecule is O=C(COC(=O)c1ccccc1N1C(=O)[C@@H]2[C@H]3C[C@@H]([C@@H](Br)[C@H]3Br)[C@H]2C1=O)c1ccccc1. The first-order valence-corrected chi connectivity index (χ1v) is 12.2. The normalized spacial score (nSPS) is 30.5. The van der Waals surface area contributed by atoms with Crippen molar-refractivity contribution in [2.75, 3.05) is 11.5 Å². The maximum Gasteiger partial charge on any atom is 0.340 e. The zero-order chi connectivity index (χ0) is 22.6. The van der Waals surface area contributed by atoms with Crippen molar-refractivity contribution >= 4 is 61.1 Å². The van der Waals surface area contributed by atoms with Crippen molar-refractivity contribution in [3.63, 3.8) is 0 Å². The monoisotopic (exact) mass is 559 g/mol. The van der Waals surface area contributed by atoms with Gasteiger partial charge >= 0.3 is 5.97 Å². The summed E-state index contributed by atoms with van der Waals surface area (Å²) in [5.74, 6) is -2.21. The molecule has 2 aliphatic carbocycles. The molecule has 0 spiro atoms. The Hall–Kier alpha value is -2.32. The van der Waals surface area contributed by atoms with Gasteiger partial charge < -0.3 is 4.74 Å². The summed E-state index contributed by atoms with van der Waals surface area (Å²) in [4.78, 5) is 53.2. The van der Waals surface area contributed by atoms with Crippen LogP contribution in [0.4, 0.5) is 5.69 Å². The van der Waals surface area contributed by atoms with Crippen LogP contribution in [0.25, 0.3) is 0 Å². The topological polar surface area (TPSA) is 80.8 Å². The number of ketones is 1. The van der Waals surface area contributed by atoms with Gasteiger partial charge in [0.25, 0.3) is 0 Å². The third-order valence-corrected chi connectivity index (χ3v) is 9.99. The first-order chi connectivity index (χ1) is 15.4. The van der Waals surface area contributed by atoms with Crippen LogP contribution in [0.15, 0.2) is 54.6 Å². The number of hydrogen-bond acceptors (Lipinski definition) is 5. The number of benzene rings is 2. The maximum absolute atomic E-state index is 13.3. The Balaban J connectivity index is 1.38. The molecular weight excluding hydrogens is 542 g/mol. The van der Waals surface area contributed by atoms with Gasteiger partial charge in [0.15, 0.2) is 12.4 Å². The molecule has 2 amide bonds. The lowest BCUT2D eigenvalue weighted by atomic mass is 9.81. The number of carbonyl (C=O) groups is 4. The molecule has 1 heterocycles. The molecule has 6 atom stereocenters. The molecule has 2 bridgehead atoms. The van der Waals surface area contributed by atoms with Crippen molar-refractivity contribution < 1.29 is 23.9 Å². The van der Waals surface area contributed by atoms with E-state index in [-0.39, 0.29) is 62.2 Å². The van der Waals surface area contributed by atoms with Crippen molar-refractivity contribution in [2.24, 2.45) is 23.7 Å². The first kappa shape index (κ1) is 21.5. The number of hydrogen-bond donors (Lipinski definition) is 0. The van der Waals surface area contributed by atoms with Crippen LogP contribution in [0.5, 0.6) is 0 Å². The van der Waals surface area contributed by atoms with Crippen molar-refractivity contribution in [3.05, 3.63) is 65.7 Å². The summed E-state index contributed by atoms with van der Waals surface area (Å²) in [6, 6.07) is 14.9. The van der Waals surface area contributed by atoms with E-state index in [9.17, 15) is 19.2 Å². The second-order valence-electron chi connectivity index (χ2n) is 8.40. The van der Waals surface area contributed by atoms with Crippen molar-refractivity contribution in [1.82, 2.24) is 0 Å².